The largest absolute Gasteiger partial charge is 0.361 e. The van der Waals surface area contributed by atoms with E-state index >= 15 is 0 Å². The molecule has 0 bridgehead atoms. The van der Waals surface area contributed by atoms with Gasteiger partial charge in [-0.05, 0) is 59.0 Å². The van der Waals surface area contributed by atoms with Gasteiger partial charge < -0.3 is 9.84 Å². The maximum atomic E-state index is 11.9. The van der Waals surface area contributed by atoms with Gasteiger partial charge in [-0.1, -0.05) is 71.7 Å². The smallest absolute Gasteiger partial charge is 0.281 e. The van der Waals surface area contributed by atoms with E-state index in [9.17, 15) is 5.11 Å². The second kappa shape index (κ2) is 6.07. The lowest BCUT2D eigenvalue weighted by Crippen LogP contribution is -2.47. The number of aliphatic hydroxyl groups is 1. The standard InChI is InChI=1S/C31H27N2O2/c1-29-25-13-12-18-8-6-7-11-22(18)26(25)28-24-16-21-14-19-9-4-5-10-20(19)15-23(21)27(24)32-17-33(28)30(29,2)31(29,34)35-3/h4-15,17,24,27,34H,16H2,1-3H3/q+1. The minimum atomic E-state index is -1.31. The summed E-state index contributed by atoms with van der Waals surface area (Å²) in [4.78, 5) is 5.14. The molecule has 2 aliphatic heterocycles. The Hall–Kier alpha value is -3.34. The summed E-state index contributed by atoms with van der Waals surface area (Å²) in [7, 11) is 1.62. The van der Waals surface area contributed by atoms with E-state index in [0.717, 1.165) is 6.42 Å². The zero-order valence-corrected chi connectivity index (χ0v) is 20.1. The predicted octanol–water partition coefficient (Wildman–Crippen LogP) is 5.13. The van der Waals surface area contributed by atoms with Crippen LogP contribution in [0, 0.1) is 5.92 Å². The first-order valence-electron chi connectivity index (χ1n) is 12.5. The molecule has 5 unspecified atom stereocenters. The molecular weight excluding hydrogens is 432 g/mol. The van der Waals surface area contributed by atoms with Crippen LogP contribution in [0.1, 0.15) is 42.1 Å². The van der Waals surface area contributed by atoms with Crippen LogP contribution in [0.3, 0.4) is 0 Å². The third-order valence-electron chi connectivity index (χ3n) is 9.85. The van der Waals surface area contributed by atoms with Crippen molar-refractivity contribution in [2.24, 2.45) is 10.9 Å². The molecule has 2 heterocycles. The monoisotopic (exact) mass is 459 g/mol. The average Bonchev–Trinajstić information content (AvgIpc) is 3.12. The fraction of sp³-hybridized carbons (Fsp3) is 0.290. The number of fused-ring (bicyclic) bond motifs is 12. The van der Waals surface area contributed by atoms with Crippen molar-refractivity contribution in [1.82, 2.24) is 0 Å². The van der Waals surface area contributed by atoms with Crippen LogP contribution in [-0.2, 0) is 16.6 Å². The summed E-state index contributed by atoms with van der Waals surface area (Å²) in [6, 6.07) is 26.4. The first-order valence-corrected chi connectivity index (χ1v) is 12.5. The SMILES string of the molecule is COC1(O)C2(C)c3ccc4ccccc4c3C3=[N+](C=NC4c5cc6ccccc6cc5CC34)C12C. The minimum Gasteiger partial charge on any atom is -0.361 e. The summed E-state index contributed by atoms with van der Waals surface area (Å²) < 4.78 is 8.15. The van der Waals surface area contributed by atoms with E-state index in [1.54, 1.807) is 7.11 Å². The third kappa shape index (κ3) is 1.98. The van der Waals surface area contributed by atoms with E-state index in [1.165, 1.54) is 49.5 Å². The second-order valence-electron chi connectivity index (χ2n) is 10.9. The van der Waals surface area contributed by atoms with Crippen molar-refractivity contribution in [3.05, 3.63) is 95.1 Å². The number of hydrogen-bond donors (Lipinski definition) is 1. The van der Waals surface area contributed by atoms with Crippen molar-refractivity contribution in [2.45, 2.75) is 43.1 Å². The van der Waals surface area contributed by atoms with Gasteiger partial charge in [0.05, 0.1) is 5.92 Å². The van der Waals surface area contributed by atoms with E-state index in [1.807, 2.05) is 6.34 Å². The first-order chi connectivity index (χ1) is 16.9. The Labute approximate surface area is 204 Å². The Kier molecular flexibility index (Phi) is 3.45. The van der Waals surface area contributed by atoms with Crippen LogP contribution in [0.5, 0.6) is 0 Å². The highest BCUT2D eigenvalue weighted by molar-refractivity contribution is 6.14. The second-order valence-corrected chi connectivity index (χ2v) is 10.9. The van der Waals surface area contributed by atoms with E-state index in [4.69, 9.17) is 9.73 Å². The molecule has 2 aliphatic carbocycles. The van der Waals surface area contributed by atoms with Crippen LogP contribution >= 0.6 is 0 Å². The lowest BCUT2D eigenvalue weighted by molar-refractivity contribution is -0.491. The lowest BCUT2D eigenvalue weighted by Gasteiger charge is -2.32. The summed E-state index contributed by atoms with van der Waals surface area (Å²) in [6.07, 6.45) is 2.93. The number of methoxy groups -OCH3 is 1. The first kappa shape index (κ1) is 19.9. The molecule has 35 heavy (non-hydrogen) atoms. The van der Waals surface area contributed by atoms with Gasteiger partial charge in [-0.3, -0.25) is 0 Å². The quantitative estimate of drug-likeness (QED) is 0.317. The number of rotatable bonds is 1. The van der Waals surface area contributed by atoms with Crippen LogP contribution in [-0.4, -0.2) is 40.2 Å². The minimum absolute atomic E-state index is 0.0787. The molecule has 1 saturated carbocycles. The summed E-state index contributed by atoms with van der Waals surface area (Å²) in [5.41, 5.74) is 5.19. The van der Waals surface area contributed by atoms with Crippen LogP contribution in [0.15, 0.2) is 77.8 Å². The van der Waals surface area contributed by atoms with E-state index in [0.29, 0.717) is 0 Å². The number of nitrogens with zero attached hydrogens (tertiary/aromatic N) is 2. The molecule has 1 N–H and O–H groups in total. The molecule has 4 aliphatic rings. The van der Waals surface area contributed by atoms with Gasteiger partial charge in [0.25, 0.3) is 6.34 Å². The fourth-order valence-corrected chi connectivity index (χ4v) is 7.83. The summed E-state index contributed by atoms with van der Waals surface area (Å²) in [5, 5.41) is 16.9. The normalized spacial score (nSPS) is 33.8. The molecule has 0 saturated heterocycles. The number of ether oxygens (including phenoxy) is 1. The van der Waals surface area contributed by atoms with Crippen LogP contribution < -0.4 is 0 Å². The average molecular weight is 460 g/mol. The molecule has 0 radical (unpaired) electrons. The molecule has 5 atom stereocenters. The van der Waals surface area contributed by atoms with E-state index in [-0.39, 0.29) is 12.0 Å². The number of hydrogen-bond acceptors (Lipinski definition) is 3. The molecule has 1 fully saturated rings. The fourth-order valence-electron chi connectivity index (χ4n) is 7.83. The van der Waals surface area contributed by atoms with Crippen molar-refractivity contribution >= 4 is 33.6 Å². The predicted molar refractivity (Wildman–Crippen MR) is 138 cm³/mol. The zero-order chi connectivity index (χ0) is 23.7. The van der Waals surface area contributed by atoms with Gasteiger partial charge in [0.15, 0.2) is 11.6 Å². The van der Waals surface area contributed by atoms with Gasteiger partial charge in [0.1, 0.15) is 11.1 Å². The van der Waals surface area contributed by atoms with Crippen molar-refractivity contribution in [3.63, 3.8) is 0 Å². The van der Waals surface area contributed by atoms with Crippen LogP contribution in [0.25, 0.3) is 21.5 Å². The molecule has 8 rings (SSSR count). The van der Waals surface area contributed by atoms with Crippen molar-refractivity contribution in [2.75, 3.05) is 7.11 Å². The molecule has 0 amide bonds. The van der Waals surface area contributed by atoms with Crippen LogP contribution in [0.2, 0.25) is 0 Å². The van der Waals surface area contributed by atoms with Gasteiger partial charge in [0.2, 0.25) is 5.79 Å². The Balaban J connectivity index is 1.43. The molecule has 0 spiro atoms. The third-order valence-corrected chi connectivity index (χ3v) is 9.85. The summed E-state index contributed by atoms with van der Waals surface area (Å²) in [6.45, 7) is 4.26. The topological polar surface area (TPSA) is 44.8 Å². The maximum absolute atomic E-state index is 11.9. The van der Waals surface area contributed by atoms with E-state index < -0.39 is 16.7 Å². The summed E-state index contributed by atoms with van der Waals surface area (Å²) in [5.74, 6) is -1.10. The van der Waals surface area contributed by atoms with Gasteiger partial charge in [-0.15, -0.1) is 0 Å². The Morgan fingerprint density at radius 3 is 2.43 bits per heavy atom. The molecular formula is C31H27N2O2+. The van der Waals surface area contributed by atoms with Crippen molar-refractivity contribution in [1.29, 1.82) is 0 Å². The van der Waals surface area contributed by atoms with Crippen molar-refractivity contribution in [3.8, 4) is 0 Å². The van der Waals surface area contributed by atoms with Gasteiger partial charge in [-0.2, -0.15) is 0 Å². The van der Waals surface area contributed by atoms with Gasteiger partial charge in [-0.25, -0.2) is 4.58 Å². The molecule has 4 aromatic carbocycles. The Morgan fingerprint density at radius 1 is 0.943 bits per heavy atom. The van der Waals surface area contributed by atoms with Gasteiger partial charge >= 0.3 is 0 Å². The molecule has 0 aromatic heterocycles. The molecule has 4 heteroatoms. The molecule has 4 aromatic rings. The zero-order valence-electron chi connectivity index (χ0n) is 20.1. The Bertz CT molecular complexity index is 1690. The molecule has 4 nitrogen and oxygen atoms in total. The summed E-state index contributed by atoms with van der Waals surface area (Å²) >= 11 is 0. The number of benzene rings is 4. The number of aliphatic imine (C=N–C) groups is 1. The highest BCUT2D eigenvalue weighted by Crippen LogP contribution is 2.71. The lowest BCUT2D eigenvalue weighted by atomic mass is 9.76. The highest BCUT2D eigenvalue weighted by Gasteiger charge is 2.91. The highest BCUT2D eigenvalue weighted by atomic mass is 16.6. The molecule has 172 valence electrons. The van der Waals surface area contributed by atoms with Crippen LogP contribution in [0.4, 0.5) is 0 Å². The van der Waals surface area contributed by atoms with E-state index in [2.05, 4.69) is 91.2 Å². The van der Waals surface area contributed by atoms with Crippen molar-refractivity contribution < 1.29 is 14.4 Å². The maximum Gasteiger partial charge on any atom is 0.281 e. The Morgan fingerprint density at radius 2 is 1.66 bits per heavy atom. The van der Waals surface area contributed by atoms with Gasteiger partial charge in [0, 0.05) is 18.2 Å².